The van der Waals surface area contributed by atoms with Crippen LogP contribution in [0, 0.1) is 13.8 Å². The largest absolute Gasteiger partial charge is 0.489 e. The van der Waals surface area contributed by atoms with Gasteiger partial charge in [0.1, 0.15) is 12.4 Å². The minimum atomic E-state index is -0.719. The van der Waals surface area contributed by atoms with Gasteiger partial charge in [0.05, 0.1) is 22.5 Å². The number of rotatable bonds is 8. The number of hydrogen-bond donors (Lipinski definition) is 4. The van der Waals surface area contributed by atoms with Crippen molar-refractivity contribution in [3.05, 3.63) is 169 Å². The van der Waals surface area contributed by atoms with Crippen molar-refractivity contribution in [2.24, 2.45) is 0 Å². The summed E-state index contributed by atoms with van der Waals surface area (Å²) in [6.07, 6.45) is 0. The maximum absolute atomic E-state index is 13.7. The number of aryl methyl sites for hydroxylation is 2. The smallest absolute Gasteiger partial charge is 0.268 e. The summed E-state index contributed by atoms with van der Waals surface area (Å²) in [6, 6.07) is 38.0. The lowest BCUT2D eigenvalue weighted by Crippen LogP contribution is -2.20. The van der Waals surface area contributed by atoms with Gasteiger partial charge in [-0.3, -0.25) is 30.0 Å². The molecule has 0 unspecified atom stereocenters. The number of benzene rings is 5. The van der Waals surface area contributed by atoms with Gasteiger partial charge < -0.3 is 4.74 Å². The van der Waals surface area contributed by atoms with Crippen molar-refractivity contribution in [3.8, 4) is 28.3 Å². The number of hydrogen-bond acceptors (Lipinski definition) is 3. The Morgan fingerprint density at radius 1 is 0.600 bits per heavy atom. The maximum Gasteiger partial charge on any atom is 0.268 e. The van der Waals surface area contributed by atoms with Gasteiger partial charge in [-0.05, 0) is 59.0 Å². The van der Waals surface area contributed by atoms with E-state index in [0.29, 0.717) is 34.9 Å². The van der Waals surface area contributed by atoms with Crippen molar-refractivity contribution in [2.45, 2.75) is 26.4 Å². The molecule has 7 nitrogen and oxygen atoms in total. The first-order valence-corrected chi connectivity index (χ1v) is 14.9. The molecular formula is C38H32N4O3. The van der Waals surface area contributed by atoms with E-state index in [-0.39, 0.29) is 11.1 Å². The molecular weight excluding hydrogens is 560 g/mol. The van der Waals surface area contributed by atoms with E-state index in [2.05, 4.69) is 44.7 Å². The molecule has 7 heteroatoms. The standard InChI is InChI=1S/C38H32N4O3/c1-23-13-17-26(18-14-23)35-33(37(43)41-39-35)32(34-36(40-42-38(34)44)27-19-15-24(2)16-20-27)28-9-6-11-30(21-28)45-22-29-10-5-8-25-7-3-4-12-31(25)29/h3-21,32H,22H2,1-2H3,(H2,39,41,43)(H2,40,42,44). The first kappa shape index (κ1) is 28.0. The van der Waals surface area contributed by atoms with Crippen LogP contribution in [0.15, 0.2) is 125 Å². The lowest BCUT2D eigenvalue weighted by Gasteiger charge is -2.19. The molecule has 7 aromatic rings. The number of fused-ring (bicyclic) bond motifs is 1. The molecule has 0 spiro atoms. The Hall–Kier alpha value is -5.82. The molecule has 2 aromatic heterocycles. The van der Waals surface area contributed by atoms with Gasteiger partial charge in [-0.15, -0.1) is 0 Å². The Morgan fingerprint density at radius 2 is 1.16 bits per heavy atom. The SMILES string of the molecule is Cc1ccc(-c2[nH][nH]c(=O)c2C(c2cccc(OCc3cccc4ccccc34)c2)c2c(-c3ccc(C)cc3)[nH][nH]c2=O)cc1. The van der Waals surface area contributed by atoms with Crippen molar-refractivity contribution < 1.29 is 4.74 Å². The van der Waals surface area contributed by atoms with Gasteiger partial charge in [-0.25, -0.2) is 0 Å². The predicted octanol–water partition coefficient (Wildman–Crippen LogP) is 7.58. The maximum atomic E-state index is 13.7. The van der Waals surface area contributed by atoms with Crippen LogP contribution in [-0.4, -0.2) is 20.4 Å². The second-order valence-corrected chi connectivity index (χ2v) is 11.4. The normalized spacial score (nSPS) is 11.4. The van der Waals surface area contributed by atoms with Crippen molar-refractivity contribution in [1.29, 1.82) is 0 Å². The third-order valence-electron chi connectivity index (χ3n) is 8.35. The average Bonchev–Trinajstić information content (AvgIpc) is 3.63. The molecule has 0 saturated heterocycles. The van der Waals surface area contributed by atoms with E-state index in [1.807, 2.05) is 105 Å². The van der Waals surface area contributed by atoms with Gasteiger partial charge in [0, 0.05) is 5.92 Å². The van der Waals surface area contributed by atoms with E-state index >= 15 is 0 Å². The van der Waals surface area contributed by atoms with E-state index in [1.54, 1.807) is 0 Å². The van der Waals surface area contributed by atoms with E-state index in [1.165, 1.54) is 0 Å². The van der Waals surface area contributed by atoms with E-state index in [0.717, 1.165) is 44.2 Å². The molecule has 5 aromatic carbocycles. The second kappa shape index (κ2) is 11.7. The van der Waals surface area contributed by atoms with Crippen LogP contribution in [0.2, 0.25) is 0 Å². The molecule has 4 N–H and O–H groups in total. The van der Waals surface area contributed by atoms with Crippen LogP contribution in [0.3, 0.4) is 0 Å². The Bertz CT molecular complexity index is 2130. The minimum absolute atomic E-state index is 0.298. The van der Waals surface area contributed by atoms with Crippen LogP contribution < -0.4 is 15.9 Å². The Labute approximate surface area is 259 Å². The summed E-state index contributed by atoms with van der Waals surface area (Å²) in [5.74, 6) is -0.0816. The van der Waals surface area contributed by atoms with Crippen molar-refractivity contribution in [3.63, 3.8) is 0 Å². The van der Waals surface area contributed by atoms with E-state index in [4.69, 9.17) is 4.74 Å². The Balaban J connectivity index is 1.37. The number of H-pyrrole nitrogens is 4. The van der Waals surface area contributed by atoms with Gasteiger partial charge in [0.15, 0.2) is 0 Å². The molecule has 0 atom stereocenters. The molecule has 0 fully saturated rings. The fourth-order valence-corrected chi connectivity index (χ4v) is 6.02. The summed E-state index contributed by atoms with van der Waals surface area (Å²) in [5, 5.41) is 14.1. The highest BCUT2D eigenvalue weighted by molar-refractivity contribution is 5.85. The molecule has 0 radical (unpaired) electrons. The topological polar surface area (TPSA) is 107 Å². The van der Waals surface area contributed by atoms with Crippen LogP contribution >= 0.6 is 0 Å². The molecule has 0 amide bonds. The number of aromatic nitrogens is 4. The van der Waals surface area contributed by atoms with Gasteiger partial charge >= 0.3 is 0 Å². The lowest BCUT2D eigenvalue weighted by molar-refractivity contribution is 0.307. The van der Waals surface area contributed by atoms with Gasteiger partial charge in [-0.2, -0.15) is 0 Å². The molecule has 45 heavy (non-hydrogen) atoms. The fourth-order valence-electron chi connectivity index (χ4n) is 6.02. The summed E-state index contributed by atoms with van der Waals surface area (Å²) in [5.41, 5.74) is 7.27. The van der Waals surface area contributed by atoms with E-state index < -0.39 is 5.92 Å². The molecule has 0 aliphatic rings. The minimum Gasteiger partial charge on any atom is -0.489 e. The molecule has 0 aliphatic carbocycles. The average molecular weight is 593 g/mol. The number of aromatic amines is 4. The quantitative estimate of drug-likeness (QED) is 0.146. The van der Waals surface area contributed by atoms with Crippen molar-refractivity contribution in [1.82, 2.24) is 20.4 Å². The van der Waals surface area contributed by atoms with E-state index in [9.17, 15) is 9.59 Å². The molecule has 0 aliphatic heterocycles. The number of ether oxygens (including phenoxy) is 1. The first-order chi connectivity index (χ1) is 22.0. The highest BCUT2D eigenvalue weighted by Crippen LogP contribution is 2.38. The Morgan fingerprint density at radius 3 is 1.78 bits per heavy atom. The van der Waals surface area contributed by atoms with Gasteiger partial charge in [0.25, 0.3) is 11.1 Å². The summed E-state index contributed by atoms with van der Waals surface area (Å²) in [6.45, 7) is 4.41. The second-order valence-electron chi connectivity index (χ2n) is 11.4. The predicted molar refractivity (Wildman–Crippen MR) is 179 cm³/mol. The van der Waals surface area contributed by atoms with Crippen LogP contribution in [0.4, 0.5) is 0 Å². The van der Waals surface area contributed by atoms with Crippen LogP contribution in [0.5, 0.6) is 5.75 Å². The molecule has 2 heterocycles. The lowest BCUT2D eigenvalue weighted by atomic mass is 9.83. The summed E-state index contributed by atoms with van der Waals surface area (Å²) in [4.78, 5) is 27.3. The molecule has 0 bridgehead atoms. The summed E-state index contributed by atoms with van der Waals surface area (Å²) >= 11 is 0. The Kier molecular flexibility index (Phi) is 7.27. The third kappa shape index (κ3) is 5.40. The molecule has 222 valence electrons. The zero-order chi connectivity index (χ0) is 30.9. The van der Waals surface area contributed by atoms with Crippen LogP contribution in [0.25, 0.3) is 33.3 Å². The van der Waals surface area contributed by atoms with Gasteiger partial charge in [-0.1, -0.05) is 114 Å². The number of nitrogens with one attached hydrogen (secondary N) is 4. The third-order valence-corrected chi connectivity index (χ3v) is 8.35. The summed E-state index contributed by atoms with van der Waals surface area (Å²) in [7, 11) is 0. The zero-order valence-corrected chi connectivity index (χ0v) is 25.0. The zero-order valence-electron chi connectivity index (χ0n) is 25.0. The summed E-state index contributed by atoms with van der Waals surface area (Å²) < 4.78 is 6.35. The van der Waals surface area contributed by atoms with Crippen molar-refractivity contribution in [2.75, 3.05) is 0 Å². The van der Waals surface area contributed by atoms with Crippen LogP contribution in [-0.2, 0) is 6.61 Å². The molecule has 7 rings (SSSR count). The fraction of sp³-hybridized carbons (Fsp3) is 0.105. The highest BCUT2D eigenvalue weighted by atomic mass is 16.5. The molecule has 0 saturated carbocycles. The van der Waals surface area contributed by atoms with Crippen molar-refractivity contribution >= 4 is 10.8 Å². The van der Waals surface area contributed by atoms with Crippen LogP contribution in [0.1, 0.15) is 39.3 Å². The highest BCUT2D eigenvalue weighted by Gasteiger charge is 2.31. The monoisotopic (exact) mass is 592 g/mol. The van der Waals surface area contributed by atoms with Gasteiger partial charge in [0.2, 0.25) is 0 Å². The first-order valence-electron chi connectivity index (χ1n) is 14.9.